The third kappa shape index (κ3) is 66.8. The summed E-state index contributed by atoms with van der Waals surface area (Å²) >= 11 is 14.2. The van der Waals surface area contributed by atoms with Crippen molar-refractivity contribution in [3.63, 3.8) is 0 Å². The van der Waals surface area contributed by atoms with Crippen molar-refractivity contribution in [2.45, 2.75) is 37.1 Å². The summed E-state index contributed by atoms with van der Waals surface area (Å²) in [5.74, 6) is 0. The summed E-state index contributed by atoms with van der Waals surface area (Å²) in [5.41, 5.74) is 0. The van der Waals surface area contributed by atoms with E-state index in [2.05, 4.69) is 0 Å². The smallest absolute Gasteiger partial charge is 0.251 e. The predicted molar refractivity (Wildman–Crippen MR) is 298 cm³/mol. The molecule has 0 saturated carbocycles. The molecule has 24 nitrogen and oxygen atoms in total. The lowest BCUT2D eigenvalue weighted by molar-refractivity contribution is -0.0577. The van der Waals surface area contributed by atoms with Crippen LogP contribution in [-0.2, 0) is 114 Å². The minimum Gasteiger partial charge on any atom is -0.382 e. The molecule has 2 unspecified atom stereocenters. The maximum atomic E-state index is 7.12. The van der Waals surface area contributed by atoms with E-state index in [9.17, 15) is 0 Å². The van der Waals surface area contributed by atoms with E-state index in [4.69, 9.17) is 136 Å². The van der Waals surface area contributed by atoms with Gasteiger partial charge in [-0.2, -0.15) is 0 Å². The van der Waals surface area contributed by atoms with Gasteiger partial charge in [0.2, 0.25) is 0 Å². The van der Waals surface area contributed by atoms with Crippen LogP contribution in [0.1, 0.15) is 12.8 Å². The lowest BCUT2D eigenvalue weighted by Gasteiger charge is -2.24. The fourth-order valence-corrected chi connectivity index (χ4v) is 9.18. The van der Waals surface area contributed by atoms with E-state index in [1.165, 1.54) is 0 Å². The van der Waals surface area contributed by atoms with Crippen molar-refractivity contribution in [2.75, 3.05) is 306 Å². The Morgan fingerprint density at radius 1 is 0.215 bits per heavy atom. The monoisotopic (exact) mass is 1210 g/mol. The SMILES string of the molecule is COCCOCCOCCOCCOCCOCC(CC[Si](Cl)(Cl)CCC(COCCOCCOCCOCCOCCOC)OCCOCCOCCOCCOCCOC)OCCOCCOCCOCCOCCOC. The maximum absolute atomic E-state index is 7.12. The molecule has 0 fully saturated rings. The Labute approximate surface area is 483 Å². The Hall–Kier alpha value is -0.163. The van der Waals surface area contributed by atoms with Crippen LogP contribution in [0.3, 0.4) is 0 Å². The molecule has 0 amide bonds. The van der Waals surface area contributed by atoms with E-state index < -0.39 is 6.69 Å². The van der Waals surface area contributed by atoms with Crippen LogP contribution in [-0.4, -0.2) is 325 Å². The molecule has 0 radical (unpaired) electrons. The van der Waals surface area contributed by atoms with Gasteiger partial charge in [0.1, 0.15) is 0 Å². The van der Waals surface area contributed by atoms with Crippen molar-refractivity contribution >= 4 is 28.9 Å². The summed E-state index contributed by atoms with van der Waals surface area (Å²) in [4.78, 5) is 0. The molecule has 0 aromatic heterocycles. The molecule has 0 bridgehead atoms. The van der Waals surface area contributed by atoms with Gasteiger partial charge in [-0.05, 0) is 24.9 Å². The highest BCUT2D eigenvalue weighted by Crippen LogP contribution is 2.31. The van der Waals surface area contributed by atoms with Crippen LogP contribution in [0.2, 0.25) is 12.1 Å². The van der Waals surface area contributed by atoms with Crippen LogP contribution in [0.25, 0.3) is 0 Å². The van der Waals surface area contributed by atoms with Crippen LogP contribution in [0, 0.1) is 0 Å². The van der Waals surface area contributed by atoms with Gasteiger partial charge in [0.15, 0.2) is 0 Å². The molecule has 0 aliphatic rings. The summed E-state index contributed by atoms with van der Waals surface area (Å²) in [5, 5.41) is 0. The van der Waals surface area contributed by atoms with Gasteiger partial charge in [-0.15, -0.1) is 22.2 Å². The third-order valence-electron chi connectivity index (χ3n) is 10.4. The maximum Gasteiger partial charge on any atom is 0.251 e. The molecule has 0 N–H and O–H groups in total. The van der Waals surface area contributed by atoms with Crippen LogP contribution in [0.4, 0.5) is 0 Å². The quantitative estimate of drug-likeness (QED) is 0.0484. The van der Waals surface area contributed by atoms with Crippen LogP contribution >= 0.6 is 22.2 Å². The van der Waals surface area contributed by atoms with E-state index in [0.29, 0.717) is 302 Å². The Balaban J connectivity index is 4.91. The second kappa shape index (κ2) is 68.6. The molecule has 0 heterocycles. The lowest BCUT2D eigenvalue weighted by atomic mass is 10.3. The fourth-order valence-electron chi connectivity index (χ4n) is 6.13. The zero-order valence-electron chi connectivity index (χ0n) is 48.7. The zero-order chi connectivity index (χ0) is 57.2. The topological polar surface area (TPSA) is 222 Å². The number of methoxy groups -OCH3 is 4. The average molecular weight is 1210 g/mol. The first-order valence-corrected chi connectivity index (χ1v) is 32.4. The first kappa shape index (κ1) is 78.8. The van der Waals surface area contributed by atoms with Crippen molar-refractivity contribution < 1.29 is 114 Å². The molecule has 0 aliphatic heterocycles. The largest absolute Gasteiger partial charge is 0.382 e. The van der Waals surface area contributed by atoms with E-state index in [1.54, 1.807) is 28.4 Å². The summed E-state index contributed by atoms with van der Waals surface area (Å²) in [6.07, 6.45) is 0.667. The van der Waals surface area contributed by atoms with Crippen molar-refractivity contribution in [1.29, 1.82) is 0 Å². The van der Waals surface area contributed by atoms with Crippen LogP contribution in [0.5, 0.6) is 0 Å². The highest BCUT2D eigenvalue weighted by atomic mass is 35.7. The van der Waals surface area contributed by atoms with E-state index in [1.807, 2.05) is 0 Å². The van der Waals surface area contributed by atoms with E-state index in [-0.39, 0.29) is 12.2 Å². The van der Waals surface area contributed by atoms with Crippen molar-refractivity contribution in [1.82, 2.24) is 0 Å². The first-order chi connectivity index (χ1) is 39.0. The second-order valence-corrected chi connectivity index (χ2v) is 24.5. The zero-order valence-corrected chi connectivity index (χ0v) is 51.2. The number of ether oxygens (including phenoxy) is 24. The summed E-state index contributed by atoms with van der Waals surface area (Å²) < 4.78 is 133. The molecule has 0 spiro atoms. The standard InChI is InChI=1S/C52H106Cl2O24Si/c1-55-7-11-59-15-19-63-23-27-67-31-33-71-39-41-75-49-51(77-45-43-73-37-35-69-29-25-65-21-17-61-13-9-57-3)5-47-79(53,54)48-6-52(78-46-44-74-38-36-70-30-26-66-22-18-62-14-10-58-4)50-76-42-40-72-34-32-68-28-24-64-20-16-60-12-8-56-2/h51-52H,5-50H2,1-4H3. The molecular weight excluding hydrogens is 1110 g/mol. The molecule has 476 valence electrons. The van der Waals surface area contributed by atoms with E-state index >= 15 is 0 Å². The number of rotatable bonds is 72. The summed E-state index contributed by atoms with van der Waals surface area (Å²) in [6.45, 7) is 16.7. The molecule has 2 atom stereocenters. The predicted octanol–water partition coefficient (Wildman–Crippen LogP) is 3.34. The fraction of sp³-hybridized carbons (Fsp3) is 1.00. The van der Waals surface area contributed by atoms with Crippen LogP contribution < -0.4 is 0 Å². The molecule has 0 aromatic carbocycles. The molecule has 0 rings (SSSR count). The molecule has 79 heavy (non-hydrogen) atoms. The Bertz CT molecular complexity index is 1050. The minimum absolute atomic E-state index is 0.265. The number of hydrogen-bond donors (Lipinski definition) is 0. The van der Waals surface area contributed by atoms with Gasteiger partial charge in [0.05, 0.1) is 290 Å². The highest BCUT2D eigenvalue weighted by molar-refractivity contribution is 7.45. The average Bonchev–Trinajstić information content (AvgIpc) is 3.45. The molecule has 0 saturated heterocycles. The van der Waals surface area contributed by atoms with Crippen LogP contribution in [0.15, 0.2) is 0 Å². The summed E-state index contributed by atoms with van der Waals surface area (Å²) in [6, 6.07) is 1.15. The highest BCUT2D eigenvalue weighted by Gasteiger charge is 2.31. The summed E-state index contributed by atoms with van der Waals surface area (Å²) in [7, 11) is 6.56. The van der Waals surface area contributed by atoms with E-state index in [0.717, 1.165) is 0 Å². The minimum atomic E-state index is -2.77. The van der Waals surface area contributed by atoms with Gasteiger partial charge in [0.25, 0.3) is 6.69 Å². The van der Waals surface area contributed by atoms with Gasteiger partial charge in [-0.1, -0.05) is 0 Å². The van der Waals surface area contributed by atoms with Gasteiger partial charge < -0.3 is 114 Å². The van der Waals surface area contributed by atoms with Gasteiger partial charge >= 0.3 is 0 Å². The number of halogens is 2. The van der Waals surface area contributed by atoms with Gasteiger partial charge in [-0.25, -0.2) is 0 Å². The normalized spacial score (nSPS) is 12.8. The van der Waals surface area contributed by atoms with Gasteiger partial charge in [0, 0.05) is 28.4 Å². The molecular formula is C52H106Cl2O24Si. The molecule has 0 aromatic rings. The van der Waals surface area contributed by atoms with Crippen molar-refractivity contribution in [3.8, 4) is 0 Å². The lowest BCUT2D eigenvalue weighted by Crippen LogP contribution is -2.30. The second-order valence-electron chi connectivity index (χ2n) is 16.8. The Morgan fingerprint density at radius 2 is 0.367 bits per heavy atom. The molecule has 0 aliphatic carbocycles. The van der Waals surface area contributed by atoms with Crippen molar-refractivity contribution in [3.05, 3.63) is 0 Å². The first-order valence-electron chi connectivity index (χ1n) is 27.9. The Kier molecular flexibility index (Phi) is 68.5. The molecule has 27 heteroatoms. The van der Waals surface area contributed by atoms with Gasteiger partial charge in [-0.3, -0.25) is 0 Å². The Morgan fingerprint density at radius 3 is 0.544 bits per heavy atom. The number of hydrogen-bond acceptors (Lipinski definition) is 24. The third-order valence-corrected chi connectivity index (χ3v) is 14.7. The van der Waals surface area contributed by atoms with Crippen molar-refractivity contribution in [2.24, 2.45) is 0 Å².